The van der Waals surface area contributed by atoms with E-state index >= 15 is 0 Å². The number of unbranched alkanes of at least 4 members (excludes halogenated alkanes) is 1. The molecular formula is C23H31NO5S. The van der Waals surface area contributed by atoms with Crippen LogP contribution in [0.4, 0.5) is 0 Å². The van der Waals surface area contributed by atoms with E-state index in [0.29, 0.717) is 43.0 Å². The predicted molar refractivity (Wildman–Crippen MR) is 119 cm³/mol. The van der Waals surface area contributed by atoms with Gasteiger partial charge in [0.2, 0.25) is 0 Å². The van der Waals surface area contributed by atoms with Crippen molar-refractivity contribution in [2.24, 2.45) is 0 Å². The van der Waals surface area contributed by atoms with E-state index in [-0.39, 0.29) is 12.3 Å². The Balaban J connectivity index is 2.12. The fourth-order valence-electron chi connectivity index (χ4n) is 3.35. The predicted octanol–water partition coefficient (Wildman–Crippen LogP) is 4.71. The van der Waals surface area contributed by atoms with Gasteiger partial charge in [-0.2, -0.15) is 0 Å². The number of aliphatic carboxylic acids is 1. The summed E-state index contributed by atoms with van der Waals surface area (Å²) in [5.74, 6) is 0.313. The number of aryl methyl sites for hydroxylation is 2. The zero-order valence-electron chi connectivity index (χ0n) is 18.2. The van der Waals surface area contributed by atoms with Gasteiger partial charge in [0, 0.05) is 40.4 Å². The second kappa shape index (κ2) is 11.6. The number of ether oxygens (including phenoxy) is 2. The van der Waals surface area contributed by atoms with E-state index in [2.05, 4.69) is 19.1 Å². The van der Waals surface area contributed by atoms with Gasteiger partial charge >= 0.3 is 5.97 Å². The van der Waals surface area contributed by atoms with E-state index in [1.807, 2.05) is 11.8 Å². The quantitative estimate of drug-likeness (QED) is 0.491. The number of thiophene rings is 1. The molecule has 0 aliphatic rings. The number of hydrogen-bond donors (Lipinski definition) is 1. The number of carbonyl (C=O) groups is 2. The number of carboxylic acid groups (broad SMARTS) is 1. The Labute approximate surface area is 182 Å². The summed E-state index contributed by atoms with van der Waals surface area (Å²) in [6.45, 7) is 5.11. The van der Waals surface area contributed by atoms with Crippen molar-refractivity contribution in [1.82, 2.24) is 4.90 Å². The molecule has 0 aliphatic carbocycles. The van der Waals surface area contributed by atoms with Gasteiger partial charge in [0.05, 0.1) is 14.2 Å². The summed E-state index contributed by atoms with van der Waals surface area (Å²) in [7, 11) is 3.14. The molecule has 6 nitrogen and oxygen atoms in total. The van der Waals surface area contributed by atoms with Crippen molar-refractivity contribution in [3.05, 3.63) is 45.1 Å². The van der Waals surface area contributed by atoms with Crippen LogP contribution in [0.2, 0.25) is 0 Å². The van der Waals surface area contributed by atoms with Crippen LogP contribution in [-0.4, -0.2) is 49.2 Å². The van der Waals surface area contributed by atoms with Crippen molar-refractivity contribution in [3.63, 3.8) is 0 Å². The molecule has 0 saturated heterocycles. The maximum Gasteiger partial charge on any atom is 0.303 e. The first-order valence-electron chi connectivity index (χ1n) is 10.1. The molecule has 0 unspecified atom stereocenters. The molecule has 1 aromatic carbocycles. The first kappa shape index (κ1) is 23.7. The van der Waals surface area contributed by atoms with Crippen LogP contribution in [0.15, 0.2) is 24.3 Å². The van der Waals surface area contributed by atoms with Gasteiger partial charge in [0.15, 0.2) is 0 Å². The Morgan fingerprint density at radius 1 is 1.00 bits per heavy atom. The van der Waals surface area contributed by atoms with Crippen LogP contribution in [0.5, 0.6) is 11.5 Å². The lowest BCUT2D eigenvalue weighted by molar-refractivity contribution is -0.137. The summed E-state index contributed by atoms with van der Waals surface area (Å²) in [6, 6.07) is 7.73. The molecule has 164 valence electrons. The summed E-state index contributed by atoms with van der Waals surface area (Å²) in [5.41, 5.74) is 1.36. The molecule has 2 aromatic rings. The molecule has 0 spiro atoms. The molecule has 30 heavy (non-hydrogen) atoms. The molecule has 0 aliphatic heterocycles. The highest BCUT2D eigenvalue weighted by atomic mass is 32.1. The molecule has 7 heteroatoms. The normalized spacial score (nSPS) is 10.7. The average Bonchev–Trinajstić information content (AvgIpc) is 3.14. The third-order valence-electron chi connectivity index (χ3n) is 5.00. The topological polar surface area (TPSA) is 76.1 Å². The van der Waals surface area contributed by atoms with E-state index in [1.165, 1.54) is 9.75 Å². The number of carboxylic acids is 1. The minimum atomic E-state index is -0.811. The van der Waals surface area contributed by atoms with Gasteiger partial charge in [-0.3, -0.25) is 9.59 Å². The molecule has 0 atom stereocenters. The summed E-state index contributed by atoms with van der Waals surface area (Å²) in [5, 5.41) is 8.87. The fraction of sp³-hybridized carbons (Fsp3) is 0.478. The summed E-state index contributed by atoms with van der Waals surface area (Å²) >= 11 is 1.78. The van der Waals surface area contributed by atoms with Crippen LogP contribution in [0.3, 0.4) is 0 Å². The number of amides is 1. The monoisotopic (exact) mass is 433 g/mol. The zero-order chi connectivity index (χ0) is 22.1. The standard InChI is InChI=1S/C23H31NO5S/c1-16-10-11-19(30-16)8-7-13-24(12-6-5-9-22(25)26)23(27)18-14-20(28-3)17(2)21(15-18)29-4/h10-11,14-15H,5-9,12-13H2,1-4H3,(H,25,26). The van der Waals surface area contributed by atoms with Crippen LogP contribution in [0.1, 0.15) is 51.4 Å². The summed E-state index contributed by atoms with van der Waals surface area (Å²) in [6.07, 6.45) is 3.07. The van der Waals surface area contributed by atoms with Crippen molar-refractivity contribution in [1.29, 1.82) is 0 Å². The maximum atomic E-state index is 13.3. The van der Waals surface area contributed by atoms with Crippen LogP contribution in [-0.2, 0) is 11.2 Å². The molecule has 0 saturated carbocycles. The van der Waals surface area contributed by atoms with E-state index in [0.717, 1.165) is 18.4 Å². The molecule has 0 bridgehead atoms. The number of rotatable bonds is 12. The fourth-order valence-corrected chi connectivity index (χ4v) is 4.28. The van der Waals surface area contributed by atoms with Gasteiger partial charge in [-0.15, -0.1) is 11.3 Å². The number of carbonyl (C=O) groups excluding carboxylic acids is 1. The van der Waals surface area contributed by atoms with Crippen molar-refractivity contribution >= 4 is 23.2 Å². The van der Waals surface area contributed by atoms with Gasteiger partial charge in [-0.1, -0.05) is 0 Å². The van der Waals surface area contributed by atoms with E-state index in [1.54, 1.807) is 37.7 Å². The van der Waals surface area contributed by atoms with Gasteiger partial charge in [-0.05, 0) is 63.8 Å². The minimum Gasteiger partial charge on any atom is -0.496 e. The van der Waals surface area contributed by atoms with E-state index < -0.39 is 5.97 Å². The highest BCUT2D eigenvalue weighted by Gasteiger charge is 2.19. The minimum absolute atomic E-state index is 0.0933. The molecule has 1 heterocycles. The Morgan fingerprint density at radius 2 is 1.63 bits per heavy atom. The molecule has 0 radical (unpaired) electrons. The third kappa shape index (κ3) is 6.76. The largest absolute Gasteiger partial charge is 0.496 e. The van der Waals surface area contributed by atoms with Crippen LogP contribution in [0.25, 0.3) is 0 Å². The SMILES string of the molecule is COc1cc(C(=O)N(CCCCC(=O)O)CCCc2ccc(C)s2)cc(OC)c1C. The number of hydrogen-bond acceptors (Lipinski definition) is 5. The number of benzene rings is 1. The van der Waals surface area contributed by atoms with Gasteiger partial charge in [0.25, 0.3) is 5.91 Å². The van der Waals surface area contributed by atoms with Crippen LogP contribution >= 0.6 is 11.3 Å². The first-order chi connectivity index (χ1) is 14.3. The van der Waals surface area contributed by atoms with Gasteiger partial charge in [-0.25, -0.2) is 0 Å². The second-order valence-corrected chi connectivity index (χ2v) is 8.64. The lowest BCUT2D eigenvalue weighted by Gasteiger charge is -2.24. The lowest BCUT2D eigenvalue weighted by Crippen LogP contribution is -2.33. The lowest BCUT2D eigenvalue weighted by atomic mass is 10.1. The maximum absolute atomic E-state index is 13.3. The molecular weight excluding hydrogens is 402 g/mol. The average molecular weight is 434 g/mol. The Hall–Kier alpha value is -2.54. The molecule has 1 aromatic heterocycles. The molecule has 1 N–H and O–H groups in total. The van der Waals surface area contributed by atoms with Crippen LogP contribution < -0.4 is 9.47 Å². The van der Waals surface area contributed by atoms with Crippen molar-refractivity contribution < 1.29 is 24.2 Å². The van der Waals surface area contributed by atoms with E-state index in [9.17, 15) is 9.59 Å². The summed E-state index contributed by atoms with van der Waals surface area (Å²) in [4.78, 5) is 28.5. The molecule has 2 rings (SSSR count). The first-order valence-corrected chi connectivity index (χ1v) is 11.0. The molecule has 1 amide bonds. The highest BCUT2D eigenvalue weighted by molar-refractivity contribution is 7.11. The smallest absolute Gasteiger partial charge is 0.303 e. The van der Waals surface area contributed by atoms with Crippen molar-refractivity contribution in [2.45, 2.75) is 46.0 Å². The van der Waals surface area contributed by atoms with Crippen molar-refractivity contribution in [2.75, 3.05) is 27.3 Å². The van der Waals surface area contributed by atoms with Gasteiger partial charge < -0.3 is 19.5 Å². The van der Waals surface area contributed by atoms with Crippen molar-refractivity contribution in [3.8, 4) is 11.5 Å². The second-order valence-electron chi connectivity index (χ2n) is 7.26. The Kier molecular flexibility index (Phi) is 9.17. The number of methoxy groups -OCH3 is 2. The Bertz CT molecular complexity index is 836. The number of nitrogens with zero attached hydrogens (tertiary/aromatic N) is 1. The van der Waals surface area contributed by atoms with Gasteiger partial charge in [0.1, 0.15) is 11.5 Å². The Morgan fingerprint density at radius 3 is 2.17 bits per heavy atom. The molecule has 0 fully saturated rings. The van der Waals surface area contributed by atoms with E-state index in [4.69, 9.17) is 14.6 Å². The highest BCUT2D eigenvalue weighted by Crippen LogP contribution is 2.30. The zero-order valence-corrected chi connectivity index (χ0v) is 19.0. The summed E-state index contributed by atoms with van der Waals surface area (Å²) < 4.78 is 10.8. The van der Waals surface area contributed by atoms with Crippen LogP contribution in [0, 0.1) is 13.8 Å². The third-order valence-corrected chi connectivity index (χ3v) is 6.06.